The first-order valence-corrected chi connectivity index (χ1v) is 9.98. The lowest BCUT2D eigenvalue weighted by atomic mass is 9.97. The monoisotopic (exact) mass is 417 g/mol. The van der Waals surface area contributed by atoms with Crippen molar-refractivity contribution in [2.24, 2.45) is 5.92 Å². The predicted molar refractivity (Wildman–Crippen MR) is 107 cm³/mol. The molecule has 1 heterocycles. The highest BCUT2D eigenvalue weighted by Crippen LogP contribution is 2.28. The van der Waals surface area contributed by atoms with Gasteiger partial charge >= 0.3 is 5.97 Å². The van der Waals surface area contributed by atoms with Gasteiger partial charge in [0.15, 0.2) is 6.61 Å². The van der Waals surface area contributed by atoms with Crippen LogP contribution in [-0.2, 0) is 19.1 Å². The molecule has 0 fully saturated rings. The van der Waals surface area contributed by atoms with E-state index in [9.17, 15) is 24.0 Å². The van der Waals surface area contributed by atoms with Crippen LogP contribution in [0.5, 0.6) is 0 Å². The fourth-order valence-electron chi connectivity index (χ4n) is 3.05. The number of carbonyl (C=O) groups is 5. The minimum absolute atomic E-state index is 0.233. The molecule has 30 heavy (non-hydrogen) atoms. The van der Waals surface area contributed by atoms with Gasteiger partial charge in [0.25, 0.3) is 17.7 Å². The molecule has 0 unspecified atom stereocenters. The smallest absolute Gasteiger partial charge is 0.330 e. The van der Waals surface area contributed by atoms with Crippen LogP contribution in [0.25, 0.3) is 0 Å². The van der Waals surface area contributed by atoms with Crippen molar-refractivity contribution in [2.75, 3.05) is 19.7 Å². The SMILES string of the molecule is CCCNC(=O)CNC(=O)COC(=O)[C@H]([C@@H](C)CC)N1C(=O)c2ccccc2C1=O. The molecule has 9 nitrogen and oxygen atoms in total. The zero-order valence-corrected chi connectivity index (χ0v) is 17.4. The number of hydrogen-bond donors (Lipinski definition) is 2. The van der Waals surface area contributed by atoms with Crippen molar-refractivity contribution in [3.8, 4) is 0 Å². The molecule has 9 heteroatoms. The number of benzene rings is 1. The highest BCUT2D eigenvalue weighted by atomic mass is 16.5. The molecular formula is C21H27N3O6. The lowest BCUT2D eigenvalue weighted by molar-refractivity contribution is -0.154. The highest BCUT2D eigenvalue weighted by molar-refractivity contribution is 6.22. The van der Waals surface area contributed by atoms with Gasteiger partial charge in [0.1, 0.15) is 6.04 Å². The maximum absolute atomic E-state index is 12.7. The summed E-state index contributed by atoms with van der Waals surface area (Å²) in [5.74, 6) is -3.34. The summed E-state index contributed by atoms with van der Waals surface area (Å²) in [6.07, 6.45) is 1.28. The molecule has 1 aromatic carbocycles. The van der Waals surface area contributed by atoms with Crippen LogP contribution in [0.2, 0.25) is 0 Å². The number of amides is 4. The summed E-state index contributed by atoms with van der Waals surface area (Å²) < 4.78 is 5.08. The van der Waals surface area contributed by atoms with E-state index in [0.717, 1.165) is 11.3 Å². The van der Waals surface area contributed by atoms with Crippen LogP contribution >= 0.6 is 0 Å². The van der Waals surface area contributed by atoms with Crippen molar-refractivity contribution in [3.63, 3.8) is 0 Å². The van der Waals surface area contributed by atoms with Gasteiger partial charge in [-0.3, -0.25) is 24.1 Å². The fourth-order valence-corrected chi connectivity index (χ4v) is 3.05. The summed E-state index contributed by atoms with van der Waals surface area (Å²) >= 11 is 0. The van der Waals surface area contributed by atoms with E-state index in [-0.39, 0.29) is 29.5 Å². The van der Waals surface area contributed by atoms with Gasteiger partial charge in [-0.25, -0.2) is 4.79 Å². The van der Waals surface area contributed by atoms with Crippen molar-refractivity contribution in [3.05, 3.63) is 35.4 Å². The first-order chi connectivity index (χ1) is 14.3. The first-order valence-electron chi connectivity index (χ1n) is 9.98. The number of imide groups is 1. The number of nitrogens with one attached hydrogen (secondary N) is 2. The lowest BCUT2D eigenvalue weighted by Crippen LogP contribution is -2.50. The van der Waals surface area contributed by atoms with Crippen LogP contribution in [0, 0.1) is 5.92 Å². The van der Waals surface area contributed by atoms with Crippen molar-refractivity contribution >= 4 is 29.6 Å². The van der Waals surface area contributed by atoms with E-state index < -0.39 is 36.3 Å². The number of carbonyl (C=O) groups excluding carboxylic acids is 5. The maximum atomic E-state index is 12.7. The van der Waals surface area contributed by atoms with Crippen LogP contribution < -0.4 is 10.6 Å². The second-order valence-corrected chi connectivity index (χ2v) is 7.09. The summed E-state index contributed by atoms with van der Waals surface area (Å²) in [6.45, 7) is 5.11. The van der Waals surface area contributed by atoms with Gasteiger partial charge < -0.3 is 15.4 Å². The molecule has 2 N–H and O–H groups in total. The molecular weight excluding hydrogens is 390 g/mol. The van der Waals surface area contributed by atoms with Crippen LogP contribution in [0.3, 0.4) is 0 Å². The van der Waals surface area contributed by atoms with Gasteiger partial charge in [0.2, 0.25) is 5.91 Å². The van der Waals surface area contributed by atoms with E-state index in [1.165, 1.54) is 12.1 Å². The molecule has 0 spiro atoms. The molecule has 2 atom stereocenters. The second kappa shape index (κ2) is 10.5. The highest BCUT2D eigenvalue weighted by Gasteiger charge is 2.45. The summed E-state index contributed by atoms with van der Waals surface area (Å²) in [6, 6.07) is 5.20. The van der Waals surface area contributed by atoms with Crippen LogP contribution in [0.1, 0.15) is 54.3 Å². The van der Waals surface area contributed by atoms with Crippen molar-refractivity contribution in [1.82, 2.24) is 15.5 Å². The molecule has 0 aliphatic carbocycles. The Morgan fingerprint density at radius 3 is 2.13 bits per heavy atom. The summed E-state index contributed by atoms with van der Waals surface area (Å²) in [5, 5.41) is 4.96. The van der Waals surface area contributed by atoms with Crippen LogP contribution in [0.4, 0.5) is 0 Å². The lowest BCUT2D eigenvalue weighted by Gasteiger charge is -2.28. The number of hydrogen-bond acceptors (Lipinski definition) is 6. The van der Waals surface area contributed by atoms with Gasteiger partial charge in [-0.15, -0.1) is 0 Å². The summed E-state index contributed by atoms with van der Waals surface area (Å²) in [5.41, 5.74) is 0.471. The third-order valence-corrected chi connectivity index (χ3v) is 4.89. The number of esters is 1. The topological polar surface area (TPSA) is 122 Å². The molecule has 162 valence electrons. The van der Waals surface area contributed by atoms with E-state index in [1.54, 1.807) is 19.1 Å². The molecule has 1 aromatic rings. The molecule has 2 rings (SSSR count). The Morgan fingerprint density at radius 1 is 1.00 bits per heavy atom. The first kappa shape index (κ1) is 23.1. The second-order valence-electron chi connectivity index (χ2n) is 7.09. The Labute approximate surface area is 175 Å². The number of rotatable bonds is 10. The van der Waals surface area contributed by atoms with Gasteiger partial charge in [0.05, 0.1) is 17.7 Å². The molecule has 0 bridgehead atoms. The average molecular weight is 417 g/mol. The standard InChI is InChI=1S/C21H27N3O6/c1-4-10-22-16(25)11-23-17(26)12-30-21(29)18(13(3)5-2)24-19(27)14-8-6-7-9-15(14)20(24)28/h6-9,13,18H,4-5,10-12H2,1-3H3,(H,22,25)(H,23,26)/t13-,18-/m0/s1. The van der Waals surface area contributed by atoms with Gasteiger partial charge in [-0.05, 0) is 24.5 Å². The Balaban J connectivity index is 2.02. The number of nitrogens with zero attached hydrogens (tertiary/aromatic N) is 1. The Bertz CT molecular complexity index is 803. The molecule has 0 saturated heterocycles. The number of ether oxygens (including phenoxy) is 1. The molecule has 0 aromatic heterocycles. The van der Waals surface area contributed by atoms with E-state index in [2.05, 4.69) is 10.6 Å². The van der Waals surface area contributed by atoms with E-state index in [0.29, 0.717) is 13.0 Å². The van der Waals surface area contributed by atoms with E-state index in [4.69, 9.17) is 4.74 Å². The zero-order valence-electron chi connectivity index (χ0n) is 17.4. The van der Waals surface area contributed by atoms with E-state index in [1.807, 2.05) is 13.8 Å². The summed E-state index contributed by atoms with van der Waals surface area (Å²) in [4.78, 5) is 62.6. The Kier molecular flexibility index (Phi) is 8.08. The maximum Gasteiger partial charge on any atom is 0.330 e. The minimum atomic E-state index is -1.15. The van der Waals surface area contributed by atoms with Crippen LogP contribution in [-0.4, -0.2) is 60.2 Å². The molecule has 0 saturated carbocycles. The van der Waals surface area contributed by atoms with Crippen LogP contribution in [0.15, 0.2) is 24.3 Å². The zero-order chi connectivity index (χ0) is 22.3. The Morgan fingerprint density at radius 2 is 1.60 bits per heavy atom. The quantitative estimate of drug-likeness (QED) is 0.431. The molecule has 0 radical (unpaired) electrons. The van der Waals surface area contributed by atoms with E-state index >= 15 is 0 Å². The minimum Gasteiger partial charge on any atom is -0.454 e. The van der Waals surface area contributed by atoms with Gasteiger partial charge in [-0.1, -0.05) is 39.3 Å². The Hall–Kier alpha value is -3.23. The third kappa shape index (κ3) is 5.22. The molecule has 4 amide bonds. The largest absolute Gasteiger partial charge is 0.454 e. The van der Waals surface area contributed by atoms with Crippen molar-refractivity contribution in [2.45, 2.75) is 39.7 Å². The van der Waals surface area contributed by atoms with Gasteiger partial charge in [-0.2, -0.15) is 0 Å². The predicted octanol–water partition coefficient (Wildman–Crippen LogP) is 0.883. The average Bonchev–Trinajstić information content (AvgIpc) is 3.00. The molecule has 1 aliphatic rings. The van der Waals surface area contributed by atoms with Gasteiger partial charge in [0, 0.05) is 6.54 Å². The summed E-state index contributed by atoms with van der Waals surface area (Å²) in [7, 11) is 0. The van der Waals surface area contributed by atoms with Crippen molar-refractivity contribution in [1.29, 1.82) is 0 Å². The third-order valence-electron chi connectivity index (χ3n) is 4.89. The fraction of sp³-hybridized carbons (Fsp3) is 0.476. The van der Waals surface area contributed by atoms with Crippen molar-refractivity contribution < 1.29 is 28.7 Å². The normalized spacial score (nSPS) is 14.7. The molecule has 1 aliphatic heterocycles. The number of fused-ring (bicyclic) bond motifs is 1.